The first-order chi connectivity index (χ1) is 10.3. The summed E-state index contributed by atoms with van der Waals surface area (Å²) < 4.78 is 5.16. The molecule has 0 heterocycles. The molecule has 0 saturated carbocycles. The van der Waals surface area contributed by atoms with E-state index in [1.54, 1.807) is 19.9 Å². The predicted molar refractivity (Wildman–Crippen MR) is 81.5 cm³/mol. The molecule has 7 nitrogen and oxygen atoms in total. The molecule has 0 bridgehead atoms. The van der Waals surface area contributed by atoms with Crippen molar-refractivity contribution in [1.29, 1.82) is 0 Å². The van der Waals surface area contributed by atoms with E-state index in [0.717, 1.165) is 0 Å². The Bertz CT molecular complexity index is 578. The minimum atomic E-state index is -0.980. The number of hydrogen-bond acceptors (Lipinski definition) is 4. The van der Waals surface area contributed by atoms with E-state index in [9.17, 15) is 14.4 Å². The molecular weight excluding hydrogens is 333 g/mol. The summed E-state index contributed by atoms with van der Waals surface area (Å²) in [4.78, 5) is 34.1. The summed E-state index contributed by atoms with van der Waals surface area (Å²) >= 11 is 11.6. The maximum atomic E-state index is 11.5. The number of hydrazine groups is 1. The molecule has 0 fully saturated rings. The molecule has 0 aliphatic carbocycles. The monoisotopic (exact) mass is 347 g/mol. The van der Waals surface area contributed by atoms with E-state index < -0.39 is 24.3 Å². The van der Waals surface area contributed by atoms with E-state index in [2.05, 4.69) is 5.32 Å². The van der Waals surface area contributed by atoms with Gasteiger partial charge in [-0.3, -0.25) is 25.2 Å². The van der Waals surface area contributed by atoms with Crippen LogP contribution in [0, 0.1) is 0 Å². The predicted octanol–water partition coefficient (Wildman–Crippen LogP) is 1.04. The number of nitrogens with one attached hydrogen (secondary N) is 3. The smallest absolute Gasteiger partial charge is 0.327 e. The molecule has 0 aliphatic heterocycles. The van der Waals surface area contributed by atoms with E-state index in [1.165, 1.54) is 12.1 Å². The summed E-state index contributed by atoms with van der Waals surface area (Å²) in [5, 5.41) is 3.06. The van der Waals surface area contributed by atoms with Gasteiger partial charge >= 0.3 is 11.8 Å². The molecule has 22 heavy (non-hydrogen) atoms. The van der Waals surface area contributed by atoms with Crippen molar-refractivity contribution in [3.05, 3.63) is 28.2 Å². The molecule has 0 radical (unpaired) electrons. The third-order valence-electron chi connectivity index (χ3n) is 2.19. The van der Waals surface area contributed by atoms with Crippen molar-refractivity contribution in [2.75, 3.05) is 6.61 Å². The maximum absolute atomic E-state index is 11.5. The third-order valence-corrected chi connectivity index (χ3v) is 2.72. The van der Waals surface area contributed by atoms with Crippen LogP contribution >= 0.6 is 23.2 Å². The number of ether oxygens (including phenoxy) is 1. The average molecular weight is 348 g/mol. The van der Waals surface area contributed by atoms with Gasteiger partial charge in [-0.25, -0.2) is 0 Å². The van der Waals surface area contributed by atoms with Crippen LogP contribution in [0.4, 0.5) is 0 Å². The lowest BCUT2D eigenvalue weighted by atomic mass is 10.3. The van der Waals surface area contributed by atoms with Crippen LogP contribution in [-0.4, -0.2) is 30.4 Å². The molecule has 0 atom stereocenters. The van der Waals surface area contributed by atoms with Crippen LogP contribution in [0.1, 0.15) is 13.8 Å². The van der Waals surface area contributed by atoms with Gasteiger partial charge in [0.2, 0.25) is 0 Å². The van der Waals surface area contributed by atoms with E-state index >= 15 is 0 Å². The number of rotatable bonds is 4. The van der Waals surface area contributed by atoms with Crippen LogP contribution in [0.2, 0.25) is 10.0 Å². The van der Waals surface area contributed by atoms with E-state index in [1.807, 2.05) is 10.9 Å². The number of carbonyl (C=O) groups is 3. The number of carbonyl (C=O) groups excluding carboxylic acids is 3. The third kappa shape index (κ3) is 6.19. The van der Waals surface area contributed by atoms with Gasteiger partial charge in [-0.2, -0.15) is 0 Å². The Kier molecular flexibility index (Phi) is 6.94. The molecule has 9 heteroatoms. The lowest BCUT2D eigenvalue weighted by Gasteiger charge is -2.11. The Morgan fingerprint density at radius 1 is 1.14 bits per heavy atom. The summed E-state index contributed by atoms with van der Waals surface area (Å²) in [6.45, 7) is 3.01. The largest absolute Gasteiger partial charge is 0.482 e. The van der Waals surface area contributed by atoms with Crippen molar-refractivity contribution in [2.24, 2.45) is 0 Å². The fraction of sp³-hybridized carbons (Fsp3) is 0.308. The van der Waals surface area contributed by atoms with Crippen molar-refractivity contribution in [3.8, 4) is 5.75 Å². The van der Waals surface area contributed by atoms with E-state index in [0.29, 0.717) is 5.02 Å². The van der Waals surface area contributed by atoms with Crippen LogP contribution in [0.25, 0.3) is 0 Å². The first-order valence-corrected chi connectivity index (χ1v) is 7.02. The minimum absolute atomic E-state index is 0.190. The number of amides is 3. The van der Waals surface area contributed by atoms with Crippen LogP contribution < -0.4 is 20.9 Å². The van der Waals surface area contributed by atoms with Gasteiger partial charge in [-0.1, -0.05) is 23.2 Å². The summed E-state index contributed by atoms with van der Waals surface area (Å²) in [6, 6.07) is 4.34. The zero-order valence-electron chi connectivity index (χ0n) is 11.9. The molecule has 3 amide bonds. The molecule has 0 aromatic heterocycles. The second-order valence-corrected chi connectivity index (χ2v) is 5.34. The highest BCUT2D eigenvalue weighted by molar-refractivity contribution is 6.35. The zero-order chi connectivity index (χ0) is 16.7. The van der Waals surface area contributed by atoms with E-state index in [4.69, 9.17) is 27.9 Å². The van der Waals surface area contributed by atoms with Crippen LogP contribution in [0.3, 0.4) is 0 Å². The first kappa shape index (κ1) is 18.1. The SMILES string of the molecule is CC(C)NC(=O)C(=O)NNC(=O)COc1ccc(Cl)cc1Cl. The summed E-state index contributed by atoms with van der Waals surface area (Å²) in [5.41, 5.74) is 4.01. The Labute approximate surface area is 137 Å². The van der Waals surface area contributed by atoms with Crippen molar-refractivity contribution in [2.45, 2.75) is 19.9 Å². The van der Waals surface area contributed by atoms with Gasteiger partial charge in [0.1, 0.15) is 5.75 Å². The summed E-state index contributed by atoms with van der Waals surface area (Å²) in [7, 11) is 0. The van der Waals surface area contributed by atoms with Crippen molar-refractivity contribution < 1.29 is 19.1 Å². The lowest BCUT2D eigenvalue weighted by molar-refractivity contribution is -0.141. The van der Waals surface area contributed by atoms with E-state index in [-0.39, 0.29) is 16.8 Å². The molecule has 1 aromatic rings. The average Bonchev–Trinajstić information content (AvgIpc) is 2.43. The standard InChI is InChI=1S/C13H15Cl2N3O4/c1-7(2)16-12(20)13(21)18-17-11(19)6-22-10-4-3-8(14)5-9(10)15/h3-5,7H,6H2,1-2H3,(H,16,20)(H,17,19)(H,18,21). The molecule has 0 unspecified atom stereocenters. The highest BCUT2D eigenvalue weighted by Crippen LogP contribution is 2.27. The van der Waals surface area contributed by atoms with Crippen molar-refractivity contribution >= 4 is 40.9 Å². The molecule has 0 spiro atoms. The highest BCUT2D eigenvalue weighted by Gasteiger charge is 2.15. The molecule has 3 N–H and O–H groups in total. The maximum Gasteiger partial charge on any atom is 0.327 e. The minimum Gasteiger partial charge on any atom is -0.482 e. The Hall–Kier alpha value is -1.99. The molecular formula is C13H15Cl2N3O4. The van der Waals surface area contributed by atoms with Gasteiger partial charge in [0.05, 0.1) is 5.02 Å². The molecule has 0 aliphatic rings. The molecule has 0 saturated heterocycles. The first-order valence-electron chi connectivity index (χ1n) is 6.27. The highest BCUT2D eigenvalue weighted by atomic mass is 35.5. The van der Waals surface area contributed by atoms with Crippen molar-refractivity contribution in [1.82, 2.24) is 16.2 Å². The number of benzene rings is 1. The number of hydrogen-bond donors (Lipinski definition) is 3. The van der Waals surface area contributed by atoms with Gasteiger partial charge in [-0.05, 0) is 32.0 Å². The van der Waals surface area contributed by atoms with Gasteiger partial charge < -0.3 is 10.1 Å². The van der Waals surface area contributed by atoms with Crippen molar-refractivity contribution in [3.63, 3.8) is 0 Å². The summed E-state index contributed by atoms with van der Waals surface area (Å²) in [6.07, 6.45) is 0. The number of halogens is 2. The van der Waals surface area contributed by atoms with Gasteiger partial charge in [0.25, 0.3) is 5.91 Å². The molecule has 1 aromatic carbocycles. The lowest BCUT2D eigenvalue weighted by Crippen LogP contribution is -2.50. The van der Waals surface area contributed by atoms with Gasteiger partial charge in [0, 0.05) is 11.1 Å². The fourth-order valence-corrected chi connectivity index (χ4v) is 1.75. The van der Waals surface area contributed by atoms with Gasteiger partial charge in [-0.15, -0.1) is 0 Å². The van der Waals surface area contributed by atoms with Gasteiger partial charge in [0.15, 0.2) is 6.61 Å². The summed E-state index contributed by atoms with van der Waals surface area (Å²) in [5.74, 6) is -2.22. The quantitative estimate of drug-likeness (QED) is 0.560. The molecule has 1 rings (SSSR count). The van der Waals surface area contributed by atoms with Crippen LogP contribution in [0.15, 0.2) is 18.2 Å². The topological polar surface area (TPSA) is 96.5 Å². The zero-order valence-corrected chi connectivity index (χ0v) is 13.4. The fourth-order valence-electron chi connectivity index (χ4n) is 1.28. The Morgan fingerprint density at radius 2 is 1.82 bits per heavy atom. The normalized spacial score (nSPS) is 10.0. The second-order valence-electron chi connectivity index (χ2n) is 4.49. The van der Waals surface area contributed by atoms with Crippen LogP contribution in [-0.2, 0) is 14.4 Å². The molecule has 120 valence electrons. The Balaban J connectivity index is 2.37. The Morgan fingerprint density at radius 3 is 2.41 bits per heavy atom. The second kappa shape index (κ2) is 8.45. The van der Waals surface area contributed by atoms with Crippen LogP contribution in [0.5, 0.6) is 5.75 Å².